The van der Waals surface area contributed by atoms with Crippen LogP contribution < -0.4 is 0 Å². The van der Waals surface area contributed by atoms with E-state index in [0.29, 0.717) is 12.8 Å². The van der Waals surface area contributed by atoms with Crippen LogP contribution in [-0.4, -0.2) is 36.4 Å². The highest BCUT2D eigenvalue weighted by Gasteiger charge is 2.16. The van der Waals surface area contributed by atoms with Crippen molar-refractivity contribution >= 4 is 11.9 Å². The maximum atomic E-state index is 12.2. The van der Waals surface area contributed by atoms with E-state index < -0.39 is 6.10 Å². The van der Waals surface area contributed by atoms with Crippen molar-refractivity contribution in [2.45, 2.75) is 225 Å². The Morgan fingerprint density at radius 3 is 1.24 bits per heavy atom. The second-order valence-corrected chi connectivity index (χ2v) is 14.4. The van der Waals surface area contributed by atoms with Crippen molar-refractivity contribution in [2.75, 3.05) is 13.2 Å². The lowest BCUT2D eigenvalue weighted by Gasteiger charge is -2.15. The third-order valence-electron chi connectivity index (χ3n) is 9.41. The van der Waals surface area contributed by atoms with Gasteiger partial charge in [-0.1, -0.05) is 172 Å². The molecule has 0 bridgehead atoms. The Labute approximate surface area is 310 Å². The third-order valence-corrected chi connectivity index (χ3v) is 9.41. The Hall–Kier alpha value is -1.88. The normalized spacial score (nSPS) is 12.5. The monoisotopic (exact) mass is 703 g/mol. The summed E-state index contributed by atoms with van der Waals surface area (Å²) in [6.45, 7) is 4.11. The average molecular weight is 703 g/mol. The molecular formula is C45H82O5. The molecule has 0 aliphatic carbocycles. The van der Waals surface area contributed by atoms with Gasteiger partial charge in [-0.2, -0.15) is 0 Å². The van der Waals surface area contributed by atoms with Crippen LogP contribution in [0, 0.1) is 0 Å². The molecule has 0 aliphatic rings. The molecule has 0 aromatic carbocycles. The topological polar surface area (TPSA) is 72.8 Å². The van der Waals surface area contributed by atoms with E-state index in [1.54, 1.807) is 0 Å². The Bertz CT molecular complexity index is 801. The second-order valence-electron chi connectivity index (χ2n) is 14.4. The highest BCUT2D eigenvalue weighted by molar-refractivity contribution is 5.70. The molecule has 0 heterocycles. The molecule has 0 amide bonds. The molecule has 0 rings (SSSR count). The van der Waals surface area contributed by atoms with Crippen LogP contribution in [0.3, 0.4) is 0 Å². The molecule has 0 unspecified atom stereocenters. The first-order valence-corrected chi connectivity index (χ1v) is 21.5. The zero-order valence-corrected chi connectivity index (χ0v) is 33.2. The molecule has 5 nitrogen and oxygen atoms in total. The SMILES string of the molecule is CCCCCC=CCC=CCCCCCCCCCCCC(=O)O[C@@H](CO)COC(=O)CCCCCCCCCC=CCCCCCCCC. The van der Waals surface area contributed by atoms with Crippen molar-refractivity contribution in [3.8, 4) is 0 Å². The van der Waals surface area contributed by atoms with E-state index in [9.17, 15) is 14.7 Å². The van der Waals surface area contributed by atoms with Crippen molar-refractivity contribution in [1.82, 2.24) is 0 Å². The summed E-state index contributed by atoms with van der Waals surface area (Å²) in [6.07, 6.45) is 50.6. The molecular weight excluding hydrogens is 620 g/mol. The number of carbonyl (C=O) groups is 2. The van der Waals surface area contributed by atoms with Gasteiger partial charge in [-0.3, -0.25) is 9.59 Å². The van der Waals surface area contributed by atoms with E-state index in [4.69, 9.17) is 9.47 Å². The van der Waals surface area contributed by atoms with Crippen molar-refractivity contribution < 1.29 is 24.2 Å². The molecule has 0 radical (unpaired) electrons. The molecule has 0 spiro atoms. The van der Waals surface area contributed by atoms with Gasteiger partial charge in [0.25, 0.3) is 0 Å². The van der Waals surface area contributed by atoms with Crippen LogP contribution in [0.2, 0.25) is 0 Å². The lowest BCUT2D eigenvalue weighted by atomic mass is 10.1. The predicted molar refractivity (Wildman–Crippen MR) is 214 cm³/mol. The van der Waals surface area contributed by atoms with Crippen LogP contribution in [0.4, 0.5) is 0 Å². The Balaban J connectivity index is 3.54. The minimum absolute atomic E-state index is 0.0682. The fourth-order valence-electron chi connectivity index (χ4n) is 6.11. The molecule has 0 aromatic heterocycles. The molecule has 0 aliphatic heterocycles. The minimum Gasteiger partial charge on any atom is -0.462 e. The van der Waals surface area contributed by atoms with Gasteiger partial charge in [-0.05, 0) is 70.6 Å². The summed E-state index contributed by atoms with van der Waals surface area (Å²) in [6, 6.07) is 0. The molecule has 0 saturated heterocycles. The second kappa shape index (κ2) is 41.5. The number of aliphatic hydroxyl groups excluding tert-OH is 1. The first-order valence-electron chi connectivity index (χ1n) is 21.5. The first kappa shape index (κ1) is 48.1. The van der Waals surface area contributed by atoms with E-state index in [2.05, 4.69) is 50.3 Å². The molecule has 1 N–H and O–H groups in total. The summed E-state index contributed by atoms with van der Waals surface area (Å²) in [4.78, 5) is 24.3. The molecule has 5 heteroatoms. The standard InChI is InChI=1S/C45H82O5/c1-3-5-7-9-11-13-15-17-19-21-22-24-26-28-30-32-34-36-38-40-45(48)50-43(41-46)42-49-44(47)39-37-35-33-31-29-27-25-23-20-18-16-14-12-10-8-6-4-2/h11,13,17-20,43,46H,3-10,12,14-16,21-42H2,1-2H3/t43-/m0/s1. The molecule has 0 aromatic rings. The summed E-state index contributed by atoms with van der Waals surface area (Å²) in [5.74, 6) is -0.595. The highest BCUT2D eigenvalue weighted by atomic mass is 16.6. The average Bonchev–Trinajstić information content (AvgIpc) is 3.12. The molecule has 50 heavy (non-hydrogen) atoms. The summed E-state index contributed by atoms with van der Waals surface area (Å²) in [5, 5.41) is 9.58. The van der Waals surface area contributed by atoms with E-state index in [0.717, 1.165) is 44.9 Å². The van der Waals surface area contributed by atoms with E-state index in [-0.39, 0.29) is 25.2 Å². The molecule has 0 saturated carbocycles. The van der Waals surface area contributed by atoms with Crippen molar-refractivity contribution in [1.29, 1.82) is 0 Å². The van der Waals surface area contributed by atoms with Gasteiger partial charge in [0.15, 0.2) is 6.10 Å². The fraction of sp³-hybridized carbons (Fsp3) is 0.822. The number of allylic oxidation sites excluding steroid dienone is 6. The Kier molecular flexibility index (Phi) is 40.0. The smallest absolute Gasteiger partial charge is 0.306 e. The quantitative estimate of drug-likeness (QED) is 0.0392. The number of unbranched alkanes of at least 4 members (excludes halogenated alkanes) is 25. The maximum Gasteiger partial charge on any atom is 0.306 e. The van der Waals surface area contributed by atoms with Crippen LogP contribution in [0.5, 0.6) is 0 Å². The van der Waals surface area contributed by atoms with Crippen LogP contribution in [0.1, 0.15) is 219 Å². The summed E-state index contributed by atoms with van der Waals surface area (Å²) in [7, 11) is 0. The number of rotatable bonds is 39. The number of ether oxygens (including phenoxy) is 2. The van der Waals surface area contributed by atoms with Crippen LogP contribution in [0.25, 0.3) is 0 Å². The minimum atomic E-state index is -0.774. The van der Waals surface area contributed by atoms with Crippen LogP contribution >= 0.6 is 0 Å². The number of hydrogen-bond acceptors (Lipinski definition) is 5. The summed E-state index contributed by atoms with van der Waals surface area (Å²) in [5.41, 5.74) is 0. The zero-order valence-electron chi connectivity index (χ0n) is 33.2. The molecule has 292 valence electrons. The largest absolute Gasteiger partial charge is 0.462 e. The van der Waals surface area contributed by atoms with E-state index in [1.807, 2.05) is 0 Å². The maximum absolute atomic E-state index is 12.2. The fourth-order valence-corrected chi connectivity index (χ4v) is 6.11. The number of esters is 2. The lowest BCUT2D eigenvalue weighted by Crippen LogP contribution is -2.28. The van der Waals surface area contributed by atoms with Gasteiger partial charge in [0, 0.05) is 12.8 Å². The third kappa shape index (κ3) is 38.9. The number of hydrogen-bond donors (Lipinski definition) is 1. The lowest BCUT2D eigenvalue weighted by molar-refractivity contribution is -0.161. The number of carbonyl (C=O) groups excluding carboxylic acids is 2. The Morgan fingerprint density at radius 2 is 0.800 bits per heavy atom. The van der Waals surface area contributed by atoms with Gasteiger partial charge in [-0.25, -0.2) is 0 Å². The van der Waals surface area contributed by atoms with Gasteiger partial charge >= 0.3 is 11.9 Å². The van der Waals surface area contributed by atoms with Crippen molar-refractivity contribution in [2.24, 2.45) is 0 Å². The molecule has 0 fully saturated rings. The van der Waals surface area contributed by atoms with Crippen molar-refractivity contribution in [3.63, 3.8) is 0 Å². The van der Waals surface area contributed by atoms with Crippen LogP contribution in [-0.2, 0) is 19.1 Å². The van der Waals surface area contributed by atoms with Gasteiger partial charge in [0.1, 0.15) is 6.61 Å². The first-order chi connectivity index (χ1) is 24.6. The van der Waals surface area contributed by atoms with Crippen LogP contribution in [0.15, 0.2) is 36.5 Å². The predicted octanol–water partition coefficient (Wildman–Crippen LogP) is 13.6. The van der Waals surface area contributed by atoms with Gasteiger partial charge in [0.2, 0.25) is 0 Å². The van der Waals surface area contributed by atoms with Gasteiger partial charge in [-0.15, -0.1) is 0 Å². The number of aliphatic hydroxyl groups is 1. The Morgan fingerprint density at radius 1 is 0.460 bits per heavy atom. The van der Waals surface area contributed by atoms with Crippen molar-refractivity contribution in [3.05, 3.63) is 36.5 Å². The zero-order chi connectivity index (χ0) is 36.4. The van der Waals surface area contributed by atoms with E-state index >= 15 is 0 Å². The van der Waals surface area contributed by atoms with Gasteiger partial charge in [0.05, 0.1) is 6.61 Å². The van der Waals surface area contributed by atoms with E-state index in [1.165, 1.54) is 148 Å². The molecule has 1 atom stereocenters. The summed E-state index contributed by atoms with van der Waals surface area (Å²) < 4.78 is 10.6. The van der Waals surface area contributed by atoms with Gasteiger partial charge < -0.3 is 14.6 Å². The highest BCUT2D eigenvalue weighted by Crippen LogP contribution is 2.14. The summed E-state index contributed by atoms with van der Waals surface area (Å²) >= 11 is 0.